The highest BCUT2D eigenvalue weighted by atomic mass is 16.5. The molecule has 1 aromatic rings. The van der Waals surface area contributed by atoms with Gasteiger partial charge in [-0.25, -0.2) is 5.21 Å². The molecule has 0 radical (unpaired) electrons. The number of hydrogen-bond acceptors (Lipinski definition) is 5. The molecule has 0 spiro atoms. The summed E-state index contributed by atoms with van der Waals surface area (Å²) in [6.07, 6.45) is 7.04. The van der Waals surface area contributed by atoms with E-state index in [9.17, 15) is 9.90 Å². The van der Waals surface area contributed by atoms with Gasteiger partial charge in [0.15, 0.2) is 5.78 Å². The van der Waals surface area contributed by atoms with E-state index < -0.39 is 0 Å². The quantitative estimate of drug-likeness (QED) is 0.170. The Labute approximate surface area is 161 Å². The van der Waals surface area contributed by atoms with Crippen LogP contribution in [0.1, 0.15) is 56.0 Å². The van der Waals surface area contributed by atoms with Crippen LogP contribution in [-0.2, 0) is 4.74 Å². The molecule has 1 aromatic carbocycles. The van der Waals surface area contributed by atoms with Crippen LogP contribution in [0.4, 0.5) is 0 Å². The first-order chi connectivity index (χ1) is 12.9. The van der Waals surface area contributed by atoms with Gasteiger partial charge in [0, 0.05) is 12.0 Å². The summed E-state index contributed by atoms with van der Waals surface area (Å²) in [5.74, 6) is 1.57. The molecule has 6 heteroatoms. The number of hydroxylamine groups is 1. The highest BCUT2D eigenvalue weighted by Crippen LogP contribution is 2.31. The minimum atomic E-state index is -0.0514. The second-order valence-corrected chi connectivity index (χ2v) is 6.82. The zero-order valence-corrected chi connectivity index (χ0v) is 16.7. The lowest BCUT2D eigenvalue weighted by Crippen LogP contribution is -2.73. The first kappa shape index (κ1) is 22.7. The third kappa shape index (κ3) is 8.28. The lowest BCUT2D eigenvalue weighted by Gasteiger charge is -2.13. The van der Waals surface area contributed by atoms with E-state index in [4.69, 9.17) is 14.7 Å². The molecule has 0 fully saturated rings. The van der Waals surface area contributed by atoms with Crippen molar-refractivity contribution in [3.63, 3.8) is 0 Å². The number of carbonyl (C=O) groups excluding carboxylic acids is 1. The van der Waals surface area contributed by atoms with Gasteiger partial charge in [0.05, 0.1) is 24.5 Å². The Morgan fingerprint density at radius 1 is 1.26 bits per heavy atom. The number of Topliss-reactive ketones (excluding diaryl/α,β-unsaturated/α-hetero) is 1. The van der Waals surface area contributed by atoms with Crippen LogP contribution < -0.4 is 10.2 Å². The monoisotopic (exact) mass is 378 g/mol. The molecule has 0 bridgehead atoms. The van der Waals surface area contributed by atoms with Gasteiger partial charge in [0.25, 0.3) is 0 Å². The van der Waals surface area contributed by atoms with Crippen LogP contribution in [0.3, 0.4) is 0 Å². The highest BCUT2D eigenvalue weighted by molar-refractivity contribution is 5.99. The van der Waals surface area contributed by atoms with E-state index in [0.29, 0.717) is 36.5 Å². The number of aromatic hydroxyl groups is 1. The summed E-state index contributed by atoms with van der Waals surface area (Å²) < 4.78 is 11.3. The molecule has 0 aliphatic carbocycles. The number of ketones is 1. The molecule has 0 amide bonds. The smallest absolute Gasteiger partial charge is 0.166 e. The van der Waals surface area contributed by atoms with E-state index >= 15 is 0 Å². The van der Waals surface area contributed by atoms with E-state index in [0.717, 1.165) is 24.1 Å². The first-order valence-electron chi connectivity index (χ1n) is 9.29. The van der Waals surface area contributed by atoms with E-state index in [2.05, 4.69) is 0 Å². The van der Waals surface area contributed by atoms with Gasteiger partial charge < -0.3 is 14.6 Å². The summed E-state index contributed by atoms with van der Waals surface area (Å²) in [5.41, 5.74) is 1.91. The molecule has 0 unspecified atom stereocenters. The van der Waals surface area contributed by atoms with Crippen LogP contribution in [-0.4, -0.2) is 29.3 Å². The molecule has 0 heterocycles. The van der Waals surface area contributed by atoms with Crippen molar-refractivity contribution in [2.45, 2.75) is 47.0 Å². The van der Waals surface area contributed by atoms with Gasteiger partial charge in [-0.2, -0.15) is 5.48 Å². The summed E-state index contributed by atoms with van der Waals surface area (Å²) in [4.78, 5) is 12.2. The highest BCUT2D eigenvalue weighted by Gasteiger charge is 2.16. The topological polar surface area (TPSA) is 92.6 Å². The van der Waals surface area contributed by atoms with Gasteiger partial charge in [0.1, 0.15) is 17.7 Å². The number of nitrogens with two attached hydrogens (primary N) is 1. The van der Waals surface area contributed by atoms with Gasteiger partial charge in [-0.1, -0.05) is 13.8 Å². The minimum absolute atomic E-state index is 0.00965. The number of carbonyl (C=O) groups is 1. The number of allylic oxidation sites excluding steroid dienone is 3. The summed E-state index contributed by atoms with van der Waals surface area (Å²) >= 11 is 0. The van der Waals surface area contributed by atoms with Crippen molar-refractivity contribution < 1.29 is 30.1 Å². The van der Waals surface area contributed by atoms with Crippen LogP contribution in [0.5, 0.6) is 11.5 Å². The van der Waals surface area contributed by atoms with Crippen molar-refractivity contribution in [1.82, 2.24) is 0 Å². The maximum atomic E-state index is 12.2. The van der Waals surface area contributed by atoms with Gasteiger partial charge in [0.2, 0.25) is 0 Å². The molecule has 0 saturated carbocycles. The standard InChI is InChI=1S/C21H31NO5/c1-15(2)14-19(23)18-9-10-20(17(4)21(18)24)27-13-6-5-12-26-16(3)8-7-11-22-25/h7-11,15,22,24-25H,5-6,12-14H2,1-4H3/p+1/b11-7-,16-8+. The Bertz CT molecular complexity index is 665. The molecular formula is C21H32NO5+. The van der Waals surface area contributed by atoms with E-state index in [1.54, 1.807) is 31.2 Å². The molecule has 0 aliphatic heterocycles. The SMILES string of the molecule is C/C(=C\C=C/[NH2+]O)OCCCCOc1ccc(C(=O)CC(C)C)c(O)c1C. The molecule has 0 aliphatic rings. The molecule has 1 rings (SSSR count). The van der Waals surface area contributed by atoms with Crippen molar-refractivity contribution in [2.75, 3.05) is 13.2 Å². The lowest BCUT2D eigenvalue weighted by molar-refractivity contribution is -0.838. The molecular weight excluding hydrogens is 346 g/mol. The number of rotatable bonds is 12. The average Bonchev–Trinajstić information content (AvgIpc) is 2.61. The number of hydrogen-bond donors (Lipinski definition) is 3. The number of phenols is 1. The molecule has 27 heavy (non-hydrogen) atoms. The number of unbranched alkanes of at least 4 members (excludes halogenated alkanes) is 1. The minimum Gasteiger partial charge on any atom is -0.507 e. The Morgan fingerprint density at radius 2 is 1.96 bits per heavy atom. The second-order valence-electron chi connectivity index (χ2n) is 6.82. The van der Waals surface area contributed by atoms with Gasteiger partial charge in [-0.05, 0) is 56.9 Å². The van der Waals surface area contributed by atoms with Crippen LogP contribution >= 0.6 is 0 Å². The van der Waals surface area contributed by atoms with Crippen molar-refractivity contribution in [2.24, 2.45) is 5.92 Å². The predicted octanol–water partition coefficient (Wildman–Crippen LogP) is 3.48. The molecule has 6 nitrogen and oxygen atoms in total. The Morgan fingerprint density at radius 3 is 2.63 bits per heavy atom. The van der Waals surface area contributed by atoms with Crippen molar-refractivity contribution >= 4 is 5.78 Å². The van der Waals surface area contributed by atoms with E-state index in [1.165, 1.54) is 6.20 Å². The van der Waals surface area contributed by atoms with Gasteiger partial charge in [-0.3, -0.25) is 4.79 Å². The molecule has 0 saturated heterocycles. The van der Waals surface area contributed by atoms with Gasteiger partial charge >= 0.3 is 0 Å². The fourth-order valence-electron chi connectivity index (χ4n) is 2.45. The summed E-state index contributed by atoms with van der Waals surface area (Å²) in [6, 6.07) is 3.38. The first-order valence-corrected chi connectivity index (χ1v) is 9.29. The maximum absolute atomic E-state index is 12.2. The van der Waals surface area contributed by atoms with Crippen LogP contribution in [0, 0.1) is 12.8 Å². The summed E-state index contributed by atoms with van der Waals surface area (Å²) in [5, 5.41) is 18.8. The lowest BCUT2D eigenvalue weighted by atomic mass is 9.98. The van der Waals surface area contributed by atoms with Crippen molar-refractivity contribution in [3.05, 3.63) is 47.4 Å². The molecule has 4 N–H and O–H groups in total. The molecule has 0 atom stereocenters. The fraction of sp³-hybridized carbons (Fsp3) is 0.476. The Balaban J connectivity index is 2.43. The largest absolute Gasteiger partial charge is 0.507 e. The van der Waals surface area contributed by atoms with Crippen molar-refractivity contribution in [1.29, 1.82) is 0 Å². The number of phenolic OH excluding ortho intramolecular Hbond substituents is 1. The normalized spacial score (nSPS) is 12.0. The third-order valence-corrected chi connectivity index (χ3v) is 3.93. The zero-order valence-electron chi connectivity index (χ0n) is 16.7. The zero-order chi connectivity index (χ0) is 20.2. The molecule has 0 aromatic heterocycles. The maximum Gasteiger partial charge on any atom is 0.166 e. The average molecular weight is 378 g/mol. The third-order valence-electron chi connectivity index (χ3n) is 3.93. The Hall–Kier alpha value is -2.31. The second kappa shape index (κ2) is 12.1. The summed E-state index contributed by atoms with van der Waals surface area (Å²) in [6.45, 7) is 8.65. The van der Waals surface area contributed by atoms with Crippen LogP contribution in [0.2, 0.25) is 0 Å². The van der Waals surface area contributed by atoms with Crippen LogP contribution in [0.15, 0.2) is 36.2 Å². The predicted molar refractivity (Wildman–Crippen MR) is 104 cm³/mol. The number of ether oxygens (including phenoxy) is 2. The summed E-state index contributed by atoms with van der Waals surface area (Å²) in [7, 11) is 0. The number of benzene rings is 1. The molecule has 150 valence electrons. The van der Waals surface area contributed by atoms with Crippen LogP contribution in [0.25, 0.3) is 0 Å². The van der Waals surface area contributed by atoms with E-state index in [1.807, 2.05) is 20.8 Å². The van der Waals surface area contributed by atoms with E-state index in [-0.39, 0.29) is 17.5 Å². The van der Waals surface area contributed by atoms with Gasteiger partial charge in [-0.15, -0.1) is 0 Å². The fourth-order valence-corrected chi connectivity index (χ4v) is 2.45. The Kier molecular flexibility index (Phi) is 10.2. The van der Waals surface area contributed by atoms with Crippen molar-refractivity contribution in [3.8, 4) is 11.5 Å². The number of quaternary nitrogens is 1.